The minimum absolute atomic E-state index is 0.0465. The van der Waals surface area contributed by atoms with Crippen molar-refractivity contribution in [3.05, 3.63) is 24.3 Å². The first-order chi connectivity index (χ1) is 8.49. The predicted octanol–water partition coefficient (Wildman–Crippen LogP) is 1.92. The van der Waals surface area contributed by atoms with Gasteiger partial charge in [-0.3, -0.25) is 0 Å². The largest absolute Gasteiger partial charge is 0.478 e. The summed E-state index contributed by atoms with van der Waals surface area (Å²) in [6.45, 7) is 6.77. The van der Waals surface area contributed by atoms with Crippen molar-refractivity contribution < 1.29 is 24.5 Å². The summed E-state index contributed by atoms with van der Waals surface area (Å²) in [4.78, 5) is 20.3. The molecule has 0 fully saturated rings. The fourth-order valence-corrected chi connectivity index (χ4v) is 0.815. The molecule has 104 valence electrons. The summed E-state index contributed by atoms with van der Waals surface area (Å²) in [5.41, 5.74) is 0.452. The van der Waals surface area contributed by atoms with E-state index in [0.29, 0.717) is 5.57 Å². The first-order valence-corrected chi connectivity index (χ1v) is 5.79. The van der Waals surface area contributed by atoms with Crippen molar-refractivity contribution >= 4 is 11.9 Å². The third-order valence-electron chi connectivity index (χ3n) is 1.85. The van der Waals surface area contributed by atoms with Crippen LogP contribution in [0.4, 0.5) is 0 Å². The summed E-state index contributed by atoms with van der Waals surface area (Å²) in [6.07, 6.45) is 5.89. The van der Waals surface area contributed by atoms with Crippen molar-refractivity contribution in [2.24, 2.45) is 0 Å². The number of carboxylic acids is 1. The fraction of sp³-hybridized carbons (Fsp3) is 0.538. The second-order valence-corrected chi connectivity index (χ2v) is 3.43. The lowest BCUT2D eigenvalue weighted by atomic mass is 10.2. The maximum atomic E-state index is 10.2. The van der Waals surface area contributed by atoms with E-state index in [9.17, 15) is 9.59 Å². The van der Waals surface area contributed by atoms with Gasteiger partial charge in [0.25, 0.3) is 0 Å². The van der Waals surface area contributed by atoms with Gasteiger partial charge < -0.3 is 14.9 Å². The Morgan fingerprint density at radius 3 is 2.39 bits per heavy atom. The lowest BCUT2D eigenvalue weighted by Gasteiger charge is -1.94. The molecule has 5 heteroatoms. The van der Waals surface area contributed by atoms with E-state index in [2.05, 4.69) is 18.2 Å². The van der Waals surface area contributed by atoms with E-state index >= 15 is 0 Å². The van der Waals surface area contributed by atoms with Gasteiger partial charge in [0.15, 0.2) is 0 Å². The zero-order chi connectivity index (χ0) is 14.4. The third kappa shape index (κ3) is 14.4. The summed E-state index contributed by atoms with van der Waals surface area (Å²) in [5.74, 6) is -1.31. The number of unbranched alkanes of at least 4 members (excludes halogenated alkanes) is 2. The number of aliphatic hydroxyl groups is 1. The Balaban J connectivity index is 0. The summed E-state index contributed by atoms with van der Waals surface area (Å²) >= 11 is 0. The Morgan fingerprint density at radius 1 is 1.39 bits per heavy atom. The Hall–Kier alpha value is -1.62. The van der Waals surface area contributed by atoms with Crippen LogP contribution < -0.4 is 0 Å². The Bertz CT molecular complexity index is 281. The molecule has 0 rings (SSSR count). The molecular formula is C13H22O5. The van der Waals surface area contributed by atoms with Crippen LogP contribution in [0.5, 0.6) is 0 Å². The molecule has 0 aliphatic rings. The highest BCUT2D eigenvalue weighted by molar-refractivity contribution is 5.85. The highest BCUT2D eigenvalue weighted by atomic mass is 16.5. The molecule has 0 aliphatic carbocycles. The zero-order valence-corrected chi connectivity index (χ0v) is 11.0. The number of rotatable bonds is 7. The number of hydrogen-bond donors (Lipinski definition) is 2. The molecule has 0 aromatic carbocycles. The van der Waals surface area contributed by atoms with Gasteiger partial charge in [-0.15, -0.1) is 0 Å². The van der Waals surface area contributed by atoms with Gasteiger partial charge in [-0.25, -0.2) is 9.59 Å². The van der Waals surface area contributed by atoms with Crippen molar-refractivity contribution in [1.29, 1.82) is 0 Å². The minimum Gasteiger partial charge on any atom is -0.478 e. The molecule has 5 nitrogen and oxygen atoms in total. The lowest BCUT2D eigenvalue weighted by molar-refractivity contribution is -0.138. The first-order valence-electron chi connectivity index (χ1n) is 5.79. The number of allylic oxidation sites excluding steroid dienone is 1. The van der Waals surface area contributed by atoms with Crippen LogP contribution in [0.3, 0.4) is 0 Å². The van der Waals surface area contributed by atoms with Crippen LogP contribution >= 0.6 is 0 Å². The molecule has 0 unspecified atom stereocenters. The molecule has 0 heterocycles. The molecule has 0 aromatic heterocycles. The fourth-order valence-electron chi connectivity index (χ4n) is 0.815. The van der Waals surface area contributed by atoms with Crippen molar-refractivity contribution in [1.82, 2.24) is 0 Å². The number of carbonyl (C=O) groups is 2. The summed E-state index contributed by atoms with van der Waals surface area (Å²) < 4.78 is 4.33. The molecule has 0 aliphatic heterocycles. The molecule has 0 aromatic rings. The first kappa shape index (κ1) is 18.7. The maximum absolute atomic E-state index is 10.2. The number of esters is 1. The molecule has 0 radical (unpaired) electrons. The summed E-state index contributed by atoms with van der Waals surface area (Å²) in [5, 5.41) is 16.5. The number of ether oxygens (including phenoxy) is 1. The highest BCUT2D eigenvalue weighted by Gasteiger charge is 1.96. The highest BCUT2D eigenvalue weighted by Crippen LogP contribution is 2.00. The molecule has 2 N–H and O–H groups in total. The smallest absolute Gasteiger partial charge is 0.330 e. The van der Waals surface area contributed by atoms with E-state index in [1.165, 1.54) is 0 Å². The molecule has 0 saturated carbocycles. The maximum Gasteiger partial charge on any atom is 0.330 e. The van der Waals surface area contributed by atoms with E-state index in [-0.39, 0.29) is 13.2 Å². The molecule has 0 bridgehead atoms. The number of carboxylic acid groups (broad SMARTS) is 1. The topological polar surface area (TPSA) is 83.8 Å². The Morgan fingerprint density at radius 2 is 2.00 bits per heavy atom. The summed E-state index contributed by atoms with van der Waals surface area (Å²) in [6, 6.07) is 0. The van der Waals surface area contributed by atoms with Crippen LogP contribution in [0.1, 0.15) is 33.1 Å². The van der Waals surface area contributed by atoms with Crippen LogP contribution in [0.2, 0.25) is 0 Å². The van der Waals surface area contributed by atoms with Crippen molar-refractivity contribution in [3.63, 3.8) is 0 Å². The van der Waals surface area contributed by atoms with Gasteiger partial charge in [-0.05, 0) is 13.3 Å². The van der Waals surface area contributed by atoms with E-state index in [1.54, 1.807) is 13.0 Å². The Kier molecular flexibility index (Phi) is 14.0. The normalized spacial score (nSPS) is 10.1. The van der Waals surface area contributed by atoms with Gasteiger partial charge in [-0.2, -0.15) is 0 Å². The molecule has 18 heavy (non-hydrogen) atoms. The molecular weight excluding hydrogens is 236 g/mol. The average molecular weight is 258 g/mol. The van der Waals surface area contributed by atoms with Crippen LogP contribution in [0.15, 0.2) is 24.3 Å². The standard InChI is InChI=1S/C8H14O2.C5H8O3/c1-3-4-5-6-7(2)8(9)10;1-2-5(7)8-4-3-6/h6H,3-5H2,1-2H3,(H,9,10);2,6H,1,3-4H2. The van der Waals surface area contributed by atoms with Crippen LogP contribution in [-0.2, 0) is 14.3 Å². The predicted molar refractivity (Wildman–Crippen MR) is 69.2 cm³/mol. The van der Waals surface area contributed by atoms with E-state index < -0.39 is 11.9 Å². The van der Waals surface area contributed by atoms with Gasteiger partial charge in [0.2, 0.25) is 0 Å². The number of carbonyl (C=O) groups excluding carboxylic acids is 1. The van der Waals surface area contributed by atoms with E-state index in [1.807, 2.05) is 0 Å². The van der Waals surface area contributed by atoms with Gasteiger partial charge in [0, 0.05) is 11.6 Å². The van der Waals surface area contributed by atoms with Crippen LogP contribution in [0, 0.1) is 0 Å². The summed E-state index contributed by atoms with van der Waals surface area (Å²) in [7, 11) is 0. The van der Waals surface area contributed by atoms with Crippen molar-refractivity contribution in [3.8, 4) is 0 Å². The molecule has 0 spiro atoms. The second kappa shape index (κ2) is 13.4. The third-order valence-corrected chi connectivity index (χ3v) is 1.85. The Labute approximate surface area is 108 Å². The monoisotopic (exact) mass is 258 g/mol. The lowest BCUT2D eigenvalue weighted by Crippen LogP contribution is -2.04. The number of hydrogen-bond acceptors (Lipinski definition) is 4. The number of aliphatic carboxylic acids is 1. The molecule has 0 saturated heterocycles. The van der Waals surface area contributed by atoms with Gasteiger partial charge in [0.1, 0.15) is 6.61 Å². The van der Waals surface area contributed by atoms with E-state index in [4.69, 9.17) is 10.2 Å². The van der Waals surface area contributed by atoms with Crippen molar-refractivity contribution in [2.75, 3.05) is 13.2 Å². The quantitative estimate of drug-likeness (QED) is 0.414. The average Bonchev–Trinajstić information content (AvgIpc) is 2.36. The SMILES string of the molecule is C=CC(=O)OCCO.CCCCC=C(C)C(=O)O. The van der Waals surface area contributed by atoms with Gasteiger partial charge >= 0.3 is 11.9 Å². The van der Waals surface area contributed by atoms with Crippen molar-refractivity contribution in [2.45, 2.75) is 33.1 Å². The molecule has 0 atom stereocenters. The minimum atomic E-state index is -0.809. The van der Waals surface area contributed by atoms with Gasteiger partial charge in [0.05, 0.1) is 6.61 Å². The molecule has 0 amide bonds. The van der Waals surface area contributed by atoms with E-state index in [0.717, 1.165) is 25.3 Å². The van der Waals surface area contributed by atoms with Crippen LogP contribution in [-0.4, -0.2) is 35.4 Å². The second-order valence-electron chi connectivity index (χ2n) is 3.43. The zero-order valence-electron chi connectivity index (χ0n) is 11.0. The van der Waals surface area contributed by atoms with Crippen LogP contribution in [0.25, 0.3) is 0 Å². The van der Waals surface area contributed by atoms with Gasteiger partial charge in [-0.1, -0.05) is 32.4 Å². The number of aliphatic hydroxyl groups excluding tert-OH is 1.